The van der Waals surface area contributed by atoms with Crippen molar-refractivity contribution in [2.24, 2.45) is 17.9 Å². The molecule has 100 heavy (non-hydrogen) atoms. The molecule has 0 unspecified atom stereocenters. The number of hydrogen-bond donors (Lipinski definition) is 2. The molecule has 9 aliphatic rings. The van der Waals surface area contributed by atoms with Crippen LogP contribution in [0.5, 0.6) is 0 Å². The fourth-order valence-corrected chi connectivity index (χ4v) is 16.0. The molecule has 0 spiro atoms. The lowest BCUT2D eigenvalue weighted by atomic mass is 9.90. The highest BCUT2D eigenvalue weighted by Crippen LogP contribution is 2.42. The quantitative estimate of drug-likeness (QED) is 0.103. The molecule has 7 aromatic heterocycles. The molecule has 4 saturated heterocycles. The predicted octanol–water partition coefficient (Wildman–Crippen LogP) is 9.46. The van der Waals surface area contributed by atoms with Crippen LogP contribution in [0, 0.1) is 17.8 Å². The molecule has 16 rings (SSSR count). The number of carbonyl (C=O) groups is 4. The highest BCUT2D eigenvalue weighted by atomic mass is 35.5. The van der Waals surface area contributed by atoms with E-state index in [-0.39, 0.29) is 33.8 Å². The number of pyridine rings is 5. The van der Waals surface area contributed by atoms with E-state index in [0.29, 0.717) is 113 Å². The zero-order valence-electron chi connectivity index (χ0n) is 58.6. The second-order valence-corrected chi connectivity index (χ2v) is 30.1. The zero-order valence-corrected chi connectivity index (χ0v) is 59.4. The minimum atomic E-state index is -0.119. The van der Waals surface area contributed by atoms with Crippen molar-refractivity contribution >= 4 is 81.9 Å². The maximum atomic E-state index is 13.9. The molecule has 24 heteroatoms. The summed E-state index contributed by atoms with van der Waals surface area (Å²) in [6, 6.07) is 19.4. The minimum Gasteiger partial charge on any atom is -0.378 e. The monoisotopic (exact) mass is 1370 g/mol. The number of aryl methyl sites for hydroxylation is 2. The topological polar surface area (TPSA) is 217 Å². The first-order valence-corrected chi connectivity index (χ1v) is 35.2. The van der Waals surface area contributed by atoms with Gasteiger partial charge in [0.15, 0.2) is 12.6 Å². The van der Waals surface area contributed by atoms with Crippen molar-refractivity contribution in [2.45, 2.75) is 111 Å². The maximum Gasteiger partial charge on any atom is 0.276 e. The average Bonchev–Trinajstić information content (AvgIpc) is 1.58. The molecule has 23 nitrogen and oxygen atoms in total. The summed E-state index contributed by atoms with van der Waals surface area (Å²) in [6.45, 7) is 31.7. The smallest absolute Gasteiger partial charge is 0.276 e. The van der Waals surface area contributed by atoms with Gasteiger partial charge >= 0.3 is 0 Å². The molecule has 0 aromatic carbocycles. The highest BCUT2D eigenvalue weighted by Gasteiger charge is 2.41. The summed E-state index contributed by atoms with van der Waals surface area (Å²) in [6.07, 6.45) is 18.1. The Kier molecular flexibility index (Phi) is 18.6. The van der Waals surface area contributed by atoms with Gasteiger partial charge in [-0.05, 0) is 140 Å². The summed E-state index contributed by atoms with van der Waals surface area (Å²) >= 11 is 6.07. The van der Waals surface area contributed by atoms with E-state index in [1.807, 2.05) is 86.1 Å². The fourth-order valence-electron chi connectivity index (χ4n) is 15.8. The first-order valence-electron chi connectivity index (χ1n) is 34.8. The summed E-state index contributed by atoms with van der Waals surface area (Å²) in [5.74, 6) is 1.87. The van der Waals surface area contributed by atoms with Crippen LogP contribution in [0.3, 0.4) is 0 Å². The fraction of sp³-hybridized carbons (Fsp3) is 0.434. The largest absolute Gasteiger partial charge is 0.378 e. The maximum absolute atomic E-state index is 13.9. The molecule has 0 radical (unpaired) electrons. The van der Waals surface area contributed by atoms with Gasteiger partial charge in [-0.3, -0.25) is 43.6 Å². The number of halogens is 1. The summed E-state index contributed by atoms with van der Waals surface area (Å²) in [4.78, 5) is 96.3. The molecule has 14 heterocycles. The lowest BCUT2D eigenvalue weighted by Crippen LogP contribution is -2.59. The van der Waals surface area contributed by atoms with Crippen LogP contribution in [0.2, 0.25) is 5.02 Å². The molecule has 2 atom stereocenters. The molecule has 0 saturated carbocycles. The second-order valence-electron chi connectivity index (χ2n) is 29.7. The van der Waals surface area contributed by atoms with Crippen LogP contribution < -0.4 is 35.8 Å². The van der Waals surface area contributed by atoms with Crippen LogP contribution in [0.4, 0.5) is 40.3 Å². The van der Waals surface area contributed by atoms with Gasteiger partial charge in [0.25, 0.3) is 17.4 Å². The van der Waals surface area contributed by atoms with Crippen LogP contribution in [0.1, 0.15) is 117 Å². The molecule has 2 aliphatic carbocycles. The normalized spacial score (nSPS) is 21.1. The van der Waals surface area contributed by atoms with Crippen LogP contribution in [0.15, 0.2) is 121 Å². The number of nitrogens with zero attached hydrogens (tertiary/aromatic N) is 14. The molecule has 7 aliphatic heterocycles. The molecular weight excluding hydrogens is 1280 g/mol. The van der Waals surface area contributed by atoms with Gasteiger partial charge in [0.1, 0.15) is 40.3 Å². The van der Waals surface area contributed by atoms with Gasteiger partial charge in [-0.25, -0.2) is 19.9 Å². The zero-order chi connectivity index (χ0) is 70.1. The van der Waals surface area contributed by atoms with E-state index < -0.39 is 0 Å². The van der Waals surface area contributed by atoms with E-state index in [4.69, 9.17) is 26.1 Å². The first-order chi connectivity index (χ1) is 48.0. The second kappa shape index (κ2) is 27.4. The van der Waals surface area contributed by atoms with Crippen LogP contribution in [-0.2, 0) is 55.3 Å². The van der Waals surface area contributed by atoms with Crippen molar-refractivity contribution in [1.82, 2.24) is 48.3 Å². The summed E-state index contributed by atoms with van der Waals surface area (Å²) in [7, 11) is 3.68. The molecule has 2 amide bonds. The number of aldehydes is 2. The van der Waals surface area contributed by atoms with Gasteiger partial charge in [-0.1, -0.05) is 45.9 Å². The van der Waals surface area contributed by atoms with Crippen molar-refractivity contribution in [3.63, 3.8) is 0 Å². The number of anilines is 7. The van der Waals surface area contributed by atoms with Gasteiger partial charge < -0.3 is 48.5 Å². The third-order valence-electron chi connectivity index (χ3n) is 21.2. The minimum absolute atomic E-state index is 0.0591. The van der Waals surface area contributed by atoms with Crippen LogP contribution >= 0.6 is 11.6 Å². The molecule has 7 aromatic rings. The van der Waals surface area contributed by atoms with E-state index in [9.17, 15) is 24.0 Å². The van der Waals surface area contributed by atoms with Crippen molar-refractivity contribution in [3.8, 4) is 0 Å². The summed E-state index contributed by atoms with van der Waals surface area (Å²) < 4.78 is 16.6. The Balaban J connectivity index is 0.000000140. The van der Waals surface area contributed by atoms with Crippen LogP contribution in [-0.4, -0.2) is 183 Å². The number of piperazine rings is 2. The number of allylic oxidation sites excluding steroid dienone is 2. The SMILES string of the molecule is C=C1C(Nc2ccc(N3CCN(C4COC4)C[C@@H]3C)cn2)=CC(c2ccnc(N3CCn4c(cc5c4CC(C)(C)C5)C3=O)c2C=O)=CN1C.CC1(C)Cc2cc3n(c2C1)CCN(c1nccc(Cl)c1C=O)C3=O.Cc1cc(Nc2ccc(N3CCN(C4COC4)C[C@@H]3C)cn2)c(=O)n(C)c1. The van der Waals surface area contributed by atoms with E-state index in [2.05, 4.69) is 115 Å². The molecule has 0 bridgehead atoms. The number of ether oxygens (including phenoxy) is 2. The Morgan fingerprint density at radius 1 is 0.620 bits per heavy atom. The third kappa shape index (κ3) is 13.3. The van der Waals surface area contributed by atoms with Gasteiger partial charge in [0.05, 0.1) is 89.8 Å². The average molecular weight is 1370 g/mol. The number of aromatic nitrogens is 7. The number of rotatable bonds is 13. The van der Waals surface area contributed by atoms with Gasteiger partial charge in [-0.15, -0.1) is 0 Å². The standard InChI is InChI=1S/C38H44N8O3.C20H27N5O2.C18H18ClN3O2/c1-24-19-43(29-22-49-23-29)10-11-44(24)28-6-7-35(40-18-28)41-32-14-27(20-42(5)25(32)2)30-8-9-39-36(31(30)21-47)46-13-12-45-33(37(46)48)15-26-16-38(3,4)17-34(26)45;1-14-8-18(20(26)23(3)10-14)22-19-5-4-16(9-21-19)25-7-6-24(11-15(25)2)17-12-27-13-17;1-18(2)8-11-7-14-17(24)22(6-5-21(14)15(11)9-18)16-12(10-23)13(19)3-4-20-16/h6-9,14-15,18,20-21,24,29H,2,10-13,16-17,19,22-23H2,1,3-5H3,(H,40,41);4-5,8-10,15,17H,6-7,11-13H2,1-3H3,(H,21,22);3-4,7,10H,5-6,8-9H2,1-2H3/t24-;15-;/m00./s1. The van der Waals surface area contributed by atoms with E-state index in [0.717, 1.165) is 132 Å². The van der Waals surface area contributed by atoms with Gasteiger partial charge in [0.2, 0.25) is 0 Å². The highest BCUT2D eigenvalue weighted by molar-refractivity contribution is 6.33. The van der Waals surface area contributed by atoms with E-state index >= 15 is 0 Å². The molecular formula is C76H89ClN16O7. The number of carbonyl (C=O) groups excluding carboxylic acids is 4. The van der Waals surface area contributed by atoms with Crippen molar-refractivity contribution in [3.05, 3.63) is 187 Å². The van der Waals surface area contributed by atoms with Crippen molar-refractivity contribution in [1.29, 1.82) is 0 Å². The van der Waals surface area contributed by atoms with E-state index in [1.54, 1.807) is 33.7 Å². The molecule has 4 fully saturated rings. The van der Waals surface area contributed by atoms with Crippen molar-refractivity contribution in [2.75, 3.05) is 116 Å². The Morgan fingerprint density at radius 2 is 1.13 bits per heavy atom. The third-order valence-corrected chi connectivity index (χ3v) is 21.5. The van der Waals surface area contributed by atoms with Crippen molar-refractivity contribution < 1.29 is 28.7 Å². The first kappa shape index (κ1) is 67.9. The number of fused-ring (bicyclic) bond motifs is 6. The number of nitrogens with one attached hydrogen (secondary N) is 2. The van der Waals surface area contributed by atoms with Gasteiger partial charge in [0, 0.05) is 133 Å². The summed E-state index contributed by atoms with van der Waals surface area (Å²) in [5.41, 5.74) is 14.3. The molecule has 522 valence electrons. The number of amides is 2. The summed E-state index contributed by atoms with van der Waals surface area (Å²) in [5, 5.41) is 6.91. The van der Waals surface area contributed by atoms with Gasteiger partial charge in [-0.2, -0.15) is 0 Å². The van der Waals surface area contributed by atoms with E-state index in [1.165, 1.54) is 28.7 Å². The lowest BCUT2D eigenvalue weighted by Gasteiger charge is -2.46. The van der Waals surface area contributed by atoms with Crippen LogP contribution in [0.25, 0.3) is 5.57 Å². The Labute approximate surface area is 588 Å². The molecule has 2 N–H and O–H groups in total. The lowest BCUT2D eigenvalue weighted by molar-refractivity contribution is -0.0691. The predicted molar refractivity (Wildman–Crippen MR) is 390 cm³/mol. The Bertz CT molecular complexity index is 4490. The number of likely N-dealkylation sites (N-methyl/N-ethyl adjacent to an activating group) is 1. The Morgan fingerprint density at radius 3 is 1.61 bits per heavy atom. The number of hydrogen-bond acceptors (Lipinski definition) is 18. The Hall–Kier alpha value is -9.26.